The van der Waals surface area contributed by atoms with E-state index in [0.717, 1.165) is 64.2 Å². The summed E-state index contributed by atoms with van der Waals surface area (Å²) in [6, 6.07) is -0.0105. The maximum absolute atomic E-state index is 13.0. The van der Waals surface area contributed by atoms with Crippen LogP contribution in [0.15, 0.2) is 11.0 Å². The number of carboxylic acids is 1. The summed E-state index contributed by atoms with van der Waals surface area (Å²) in [4.78, 5) is 49.2. The standard InChI is InChI=1S/C22H31N3O6/c26-17(27)11-23-21(30)18-19(28)16(20(29)24-15-9-5-2-6-10-15)13-25(22(18)31)12-14-7-3-1-4-8-14/h13-15,28H,1-12H2,(H,23,30)(H,24,29)(H,26,27). The van der Waals surface area contributed by atoms with Crippen molar-refractivity contribution in [1.82, 2.24) is 15.2 Å². The number of nitrogens with zero attached hydrogens (tertiary/aromatic N) is 1. The molecule has 0 radical (unpaired) electrons. The van der Waals surface area contributed by atoms with Crippen molar-refractivity contribution in [2.45, 2.75) is 76.8 Å². The van der Waals surface area contributed by atoms with Gasteiger partial charge >= 0.3 is 5.97 Å². The molecule has 0 unspecified atom stereocenters. The minimum Gasteiger partial charge on any atom is -0.506 e. The number of amides is 2. The lowest BCUT2D eigenvalue weighted by molar-refractivity contribution is -0.135. The Kier molecular flexibility index (Phi) is 7.70. The molecule has 0 spiro atoms. The predicted molar refractivity (Wildman–Crippen MR) is 113 cm³/mol. The molecule has 0 atom stereocenters. The number of nitrogens with one attached hydrogen (secondary N) is 2. The van der Waals surface area contributed by atoms with E-state index in [1.54, 1.807) is 0 Å². The molecule has 0 aromatic carbocycles. The molecule has 2 saturated carbocycles. The van der Waals surface area contributed by atoms with Crippen LogP contribution in [0, 0.1) is 5.92 Å². The topological polar surface area (TPSA) is 138 Å². The molecule has 170 valence electrons. The van der Waals surface area contributed by atoms with E-state index < -0.39 is 41.2 Å². The van der Waals surface area contributed by atoms with Gasteiger partial charge in [0.05, 0.1) is 5.56 Å². The van der Waals surface area contributed by atoms with Gasteiger partial charge in [0.15, 0.2) is 0 Å². The Bertz CT molecular complexity index is 882. The van der Waals surface area contributed by atoms with E-state index in [1.807, 2.05) is 0 Å². The van der Waals surface area contributed by atoms with Crippen molar-refractivity contribution in [2.75, 3.05) is 6.54 Å². The van der Waals surface area contributed by atoms with Gasteiger partial charge in [-0.15, -0.1) is 0 Å². The second-order valence-electron chi connectivity index (χ2n) is 8.61. The average Bonchev–Trinajstić information content (AvgIpc) is 2.75. The van der Waals surface area contributed by atoms with Crippen molar-refractivity contribution in [2.24, 2.45) is 5.92 Å². The van der Waals surface area contributed by atoms with E-state index in [9.17, 15) is 24.3 Å². The van der Waals surface area contributed by atoms with Crippen molar-refractivity contribution in [3.05, 3.63) is 27.7 Å². The van der Waals surface area contributed by atoms with Crippen LogP contribution in [0.25, 0.3) is 0 Å². The Hall–Kier alpha value is -2.84. The molecule has 2 amide bonds. The fourth-order valence-corrected chi connectivity index (χ4v) is 4.56. The lowest BCUT2D eigenvalue weighted by Gasteiger charge is -2.25. The third-order valence-corrected chi connectivity index (χ3v) is 6.24. The number of aliphatic carboxylic acids is 1. The van der Waals surface area contributed by atoms with Gasteiger partial charge in [-0.1, -0.05) is 38.5 Å². The molecule has 2 aliphatic carbocycles. The molecule has 0 saturated heterocycles. The van der Waals surface area contributed by atoms with Gasteiger partial charge in [-0.25, -0.2) is 0 Å². The SMILES string of the molecule is O=C(O)CNC(=O)c1c(O)c(C(=O)NC2CCCCC2)cn(CC2CCCCC2)c1=O. The van der Waals surface area contributed by atoms with Gasteiger partial charge in [-0.3, -0.25) is 19.2 Å². The fourth-order valence-electron chi connectivity index (χ4n) is 4.56. The highest BCUT2D eigenvalue weighted by Crippen LogP contribution is 2.26. The van der Waals surface area contributed by atoms with Crippen LogP contribution in [-0.4, -0.2) is 45.2 Å². The summed E-state index contributed by atoms with van der Waals surface area (Å²) in [7, 11) is 0. The van der Waals surface area contributed by atoms with Gasteiger partial charge in [0.1, 0.15) is 17.9 Å². The maximum Gasteiger partial charge on any atom is 0.322 e. The quantitative estimate of drug-likeness (QED) is 0.519. The average molecular weight is 434 g/mol. The van der Waals surface area contributed by atoms with E-state index in [-0.39, 0.29) is 17.5 Å². The third kappa shape index (κ3) is 5.86. The summed E-state index contributed by atoms with van der Waals surface area (Å²) < 4.78 is 1.32. The van der Waals surface area contributed by atoms with Crippen LogP contribution < -0.4 is 16.2 Å². The third-order valence-electron chi connectivity index (χ3n) is 6.24. The van der Waals surface area contributed by atoms with E-state index in [1.165, 1.54) is 10.8 Å². The number of aromatic hydroxyl groups is 1. The molecule has 0 aliphatic heterocycles. The number of hydrogen-bond acceptors (Lipinski definition) is 5. The zero-order chi connectivity index (χ0) is 22.4. The Labute approximate surface area is 180 Å². The van der Waals surface area contributed by atoms with Crippen molar-refractivity contribution in [3.63, 3.8) is 0 Å². The van der Waals surface area contributed by atoms with Gasteiger partial charge in [-0.2, -0.15) is 0 Å². The smallest absolute Gasteiger partial charge is 0.322 e. The number of carbonyl (C=O) groups is 3. The minimum absolute atomic E-state index is 0.0105. The highest BCUT2D eigenvalue weighted by Gasteiger charge is 2.27. The molecule has 1 aromatic heterocycles. The molecule has 9 heteroatoms. The van der Waals surface area contributed by atoms with E-state index in [0.29, 0.717) is 6.54 Å². The summed E-state index contributed by atoms with van der Waals surface area (Å²) in [6.45, 7) is -0.346. The number of pyridine rings is 1. The first-order valence-corrected chi connectivity index (χ1v) is 11.1. The number of hydrogen-bond donors (Lipinski definition) is 4. The zero-order valence-electron chi connectivity index (χ0n) is 17.7. The molecule has 1 aromatic rings. The molecule has 2 fully saturated rings. The van der Waals surface area contributed by atoms with E-state index in [2.05, 4.69) is 10.6 Å². The first kappa shape index (κ1) is 22.8. The molecule has 31 heavy (non-hydrogen) atoms. The summed E-state index contributed by atoms with van der Waals surface area (Å²) in [5, 5.41) is 24.5. The second-order valence-corrected chi connectivity index (χ2v) is 8.61. The lowest BCUT2D eigenvalue weighted by Crippen LogP contribution is -2.39. The Morgan fingerprint density at radius 1 is 0.968 bits per heavy atom. The highest BCUT2D eigenvalue weighted by molar-refractivity contribution is 6.04. The van der Waals surface area contributed by atoms with Crippen LogP contribution >= 0.6 is 0 Å². The predicted octanol–water partition coefficient (Wildman–Crippen LogP) is 2.01. The van der Waals surface area contributed by atoms with Gasteiger partial charge in [0.25, 0.3) is 17.4 Å². The number of aromatic nitrogens is 1. The lowest BCUT2D eigenvalue weighted by atomic mass is 9.89. The van der Waals surface area contributed by atoms with Crippen LogP contribution in [-0.2, 0) is 11.3 Å². The number of carboxylic acid groups (broad SMARTS) is 1. The van der Waals surface area contributed by atoms with Crippen LogP contribution in [0.1, 0.15) is 84.9 Å². The molecule has 2 aliphatic rings. The van der Waals surface area contributed by atoms with Crippen molar-refractivity contribution in [1.29, 1.82) is 0 Å². The molecule has 0 bridgehead atoms. The van der Waals surface area contributed by atoms with Gasteiger partial charge in [0, 0.05) is 18.8 Å². The Morgan fingerprint density at radius 2 is 1.58 bits per heavy atom. The van der Waals surface area contributed by atoms with Gasteiger partial charge < -0.3 is 25.4 Å². The first-order valence-electron chi connectivity index (χ1n) is 11.1. The van der Waals surface area contributed by atoms with Crippen LogP contribution in [0.4, 0.5) is 0 Å². The van der Waals surface area contributed by atoms with Gasteiger partial charge in [0.2, 0.25) is 0 Å². The Morgan fingerprint density at radius 3 is 2.19 bits per heavy atom. The maximum atomic E-state index is 13.0. The molecule has 1 heterocycles. The van der Waals surface area contributed by atoms with Crippen molar-refractivity contribution in [3.8, 4) is 5.75 Å². The van der Waals surface area contributed by atoms with E-state index in [4.69, 9.17) is 5.11 Å². The number of carbonyl (C=O) groups excluding carboxylic acids is 2. The van der Waals surface area contributed by atoms with Crippen molar-refractivity contribution >= 4 is 17.8 Å². The zero-order valence-corrected chi connectivity index (χ0v) is 17.7. The van der Waals surface area contributed by atoms with E-state index >= 15 is 0 Å². The van der Waals surface area contributed by atoms with Gasteiger partial charge in [-0.05, 0) is 31.6 Å². The molecular weight excluding hydrogens is 402 g/mol. The summed E-state index contributed by atoms with van der Waals surface area (Å²) >= 11 is 0. The summed E-state index contributed by atoms with van der Waals surface area (Å²) in [5.41, 5.74) is -1.45. The first-order chi connectivity index (χ1) is 14.9. The highest BCUT2D eigenvalue weighted by atomic mass is 16.4. The minimum atomic E-state index is -1.28. The molecule has 9 nitrogen and oxygen atoms in total. The normalized spacial score (nSPS) is 17.8. The van der Waals surface area contributed by atoms with Crippen molar-refractivity contribution < 1.29 is 24.6 Å². The summed E-state index contributed by atoms with van der Waals surface area (Å²) in [5.74, 6) is -3.27. The largest absolute Gasteiger partial charge is 0.506 e. The Balaban J connectivity index is 1.93. The fraction of sp³-hybridized carbons (Fsp3) is 0.636. The number of rotatable bonds is 7. The monoisotopic (exact) mass is 433 g/mol. The second kappa shape index (κ2) is 10.5. The van der Waals surface area contributed by atoms with Crippen LogP contribution in [0.2, 0.25) is 0 Å². The summed E-state index contributed by atoms with van der Waals surface area (Å²) in [6.07, 6.45) is 11.4. The van der Waals surface area contributed by atoms with Crippen LogP contribution in [0.5, 0.6) is 5.75 Å². The molecular formula is C22H31N3O6. The van der Waals surface area contributed by atoms with Crippen LogP contribution in [0.3, 0.4) is 0 Å². The molecule has 4 N–H and O–H groups in total. The molecule has 3 rings (SSSR count).